The van der Waals surface area contributed by atoms with Gasteiger partial charge in [0.1, 0.15) is 5.41 Å². The second-order valence-corrected chi connectivity index (χ2v) is 7.06. The topological polar surface area (TPSA) is 43.4 Å². The van der Waals surface area contributed by atoms with Crippen LogP contribution < -0.4 is 0 Å². The summed E-state index contributed by atoms with van der Waals surface area (Å²) < 4.78 is 4.94. The van der Waals surface area contributed by atoms with Crippen LogP contribution in [-0.2, 0) is 14.3 Å². The Labute approximate surface area is 131 Å². The van der Waals surface area contributed by atoms with E-state index < -0.39 is 5.41 Å². The first kappa shape index (κ1) is 15.0. The van der Waals surface area contributed by atoms with E-state index in [2.05, 4.69) is 45.0 Å². The third kappa shape index (κ3) is 1.95. The van der Waals surface area contributed by atoms with Gasteiger partial charge < -0.3 is 4.74 Å². The molecule has 3 rings (SSSR count). The maximum Gasteiger partial charge on any atom is 0.319 e. The van der Waals surface area contributed by atoms with Crippen molar-refractivity contribution < 1.29 is 14.3 Å². The summed E-state index contributed by atoms with van der Waals surface area (Å²) in [6.07, 6.45) is 1.54. The Morgan fingerprint density at radius 2 is 1.82 bits per heavy atom. The van der Waals surface area contributed by atoms with Crippen LogP contribution in [0.3, 0.4) is 0 Å². The van der Waals surface area contributed by atoms with Gasteiger partial charge in [0.15, 0.2) is 5.78 Å². The largest absolute Gasteiger partial charge is 0.468 e. The molecule has 0 N–H and O–H groups in total. The number of allylic oxidation sites excluding steroid dienone is 2. The first-order valence-electron chi connectivity index (χ1n) is 7.71. The molecule has 0 aliphatic heterocycles. The third-order valence-electron chi connectivity index (χ3n) is 5.50. The number of fused-ring (bicyclic) bond motifs is 2. The second kappa shape index (κ2) is 4.80. The molecule has 0 saturated heterocycles. The lowest BCUT2D eigenvalue weighted by Crippen LogP contribution is -2.36. The molecule has 1 aromatic rings. The molecule has 2 aliphatic rings. The fourth-order valence-electron chi connectivity index (χ4n) is 4.26. The van der Waals surface area contributed by atoms with Gasteiger partial charge in [-0.2, -0.15) is 0 Å². The highest BCUT2D eigenvalue weighted by atomic mass is 16.5. The summed E-state index contributed by atoms with van der Waals surface area (Å²) in [6.45, 7) is 6.27. The van der Waals surface area contributed by atoms with E-state index in [-0.39, 0.29) is 17.2 Å². The zero-order valence-corrected chi connectivity index (χ0v) is 13.7. The average molecular weight is 298 g/mol. The van der Waals surface area contributed by atoms with E-state index in [0.717, 1.165) is 0 Å². The number of ketones is 1. The van der Waals surface area contributed by atoms with Gasteiger partial charge in [0.05, 0.1) is 7.11 Å². The molecule has 2 unspecified atom stereocenters. The molecule has 2 atom stereocenters. The molecule has 116 valence electrons. The van der Waals surface area contributed by atoms with E-state index >= 15 is 0 Å². The summed E-state index contributed by atoms with van der Waals surface area (Å²) in [4.78, 5) is 24.6. The molecule has 1 aromatic carbocycles. The van der Waals surface area contributed by atoms with Crippen LogP contribution >= 0.6 is 0 Å². The fourth-order valence-corrected chi connectivity index (χ4v) is 4.26. The lowest BCUT2D eigenvalue weighted by atomic mass is 9.75. The minimum atomic E-state index is -0.940. The monoisotopic (exact) mass is 298 g/mol. The maximum absolute atomic E-state index is 12.4. The van der Waals surface area contributed by atoms with Crippen molar-refractivity contribution in [2.45, 2.75) is 40.0 Å². The molecule has 3 heteroatoms. The van der Waals surface area contributed by atoms with Crippen molar-refractivity contribution in [1.82, 2.24) is 0 Å². The quantitative estimate of drug-likeness (QED) is 0.617. The molecule has 3 nitrogen and oxygen atoms in total. The van der Waals surface area contributed by atoms with Gasteiger partial charge in [-0.25, -0.2) is 0 Å². The molecule has 0 heterocycles. The highest BCUT2D eigenvalue weighted by Crippen LogP contribution is 2.63. The van der Waals surface area contributed by atoms with E-state index in [0.29, 0.717) is 19.3 Å². The average Bonchev–Trinajstić information content (AvgIpc) is 2.94. The Morgan fingerprint density at radius 3 is 2.41 bits per heavy atom. The van der Waals surface area contributed by atoms with Crippen molar-refractivity contribution in [1.29, 1.82) is 0 Å². The summed E-state index contributed by atoms with van der Waals surface area (Å²) >= 11 is 0. The zero-order valence-electron chi connectivity index (χ0n) is 13.7. The van der Waals surface area contributed by atoms with Crippen molar-refractivity contribution >= 4 is 17.3 Å². The SMILES string of the molecule is COC(=O)C12C/C(=C(\C)c3ccc(C)cc3)C(C)(CC1=O)C2. The normalized spacial score (nSPS) is 32.3. The highest BCUT2D eigenvalue weighted by molar-refractivity contribution is 6.08. The van der Waals surface area contributed by atoms with Crippen LogP contribution in [0.5, 0.6) is 0 Å². The van der Waals surface area contributed by atoms with Gasteiger partial charge in [0, 0.05) is 6.42 Å². The van der Waals surface area contributed by atoms with Gasteiger partial charge in [-0.05, 0) is 43.2 Å². The first-order chi connectivity index (χ1) is 10.3. The van der Waals surface area contributed by atoms with E-state index in [9.17, 15) is 9.59 Å². The van der Waals surface area contributed by atoms with Crippen LogP contribution in [-0.4, -0.2) is 18.9 Å². The number of carbonyl (C=O) groups excluding carboxylic acids is 2. The molecule has 2 saturated carbocycles. The van der Waals surface area contributed by atoms with E-state index in [1.807, 2.05) is 0 Å². The summed E-state index contributed by atoms with van der Waals surface area (Å²) in [6, 6.07) is 8.41. The van der Waals surface area contributed by atoms with Crippen LogP contribution in [0.1, 0.15) is 44.2 Å². The van der Waals surface area contributed by atoms with E-state index in [4.69, 9.17) is 4.74 Å². The van der Waals surface area contributed by atoms with Crippen molar-refractivity contribution in [2.75, 3.05) is 7.11 Å². The summed E-state index contributed by atoms with van der Waals surface area (Å²) in [5.41, 5.74) is 3.68. The fraction of sp³-hybridized carbons (Fsp3) is 0.474. The number of esters is 1. The molecule has 2 fully saturated rings. The van der Waals surface area contributed by atoms with Crippen LogP contribution in [0, 0.1) is 17.8 Å². The van der Waals surface area contributed by atoms with Gasteiger partial charge in [-0.1, -0.05) is 42.3 Å². The Hall–Kier alpha value is -1.90. The number of hydrogen-bond donors (Lipinski definition) is 0. The van der Waals surface area contributed by atoms with Crippen molar-refractivity contribution in [2.24, 2.45) is 10.8 Å². The Morgan fingerprint density at radius 1 is 1.18 bits per heavy atom. The molecule has 0 radical (unpaired) electrons. The first-order valence-corrected chi connectivity index (χ1v) is 7.71. The van der Waals surface area contributed by atoms with Gasteiger partial charge in [-0.3, -0.25) is 9.59 Å². The standard InChI is InChI=1S/C19H22O3/c1-12-5-7-14(8-6-12)13(2)15-9-19(17(21)22-4)11-18(15,3)10-16(19)20/h5-8H,9-11H2,1-4H3/b15-13-. The third-order valence-corrected chi connectivity index (χ3v) is 5.50. The molecular weight excluding hydrogens is 276 g/mol. The summed E-state index contributed by atoms with van der Waals surface area (Å²) in [5, 5.41) is 0. The number of benzene rings is 1. The van der Waals surface area contributed by atoms with Gasteiger partial charge in [0.2, 0.25) is 0 Å². The van der Waals surface area contributed by atoms with Crippen LogP contribution in [0.25, 0.3) is 5.57 Å². The van der Waals surface area contributed by atoms with Crippen molar-refractivity contribution in [3.8, 4) is 0 Å². The predicted octanol–water partition coefficient (Wildman–Crippen LogP) is 3.70. The number of carbonyl (C=O) groups is 2. The number of rotatable bonds is 2. The number of Topliss-reactive ketones (excluding diaryl/α,β-unsaturated/α-hetero) is 1. The number of methoxy groups -OCH3 is 1. The van der Waals surface area contributed by atoms with E-state index in [1.54, 1.807) is 0 Å². The van der Waals surface area contributed by atoms with Gasteiger partial charge in [-0.15, -0.1) is 0 Å². The zero-order chi connectivity index (χ0) is 16.1. The van der Waals surface area contributed by atoms with E-state index in [1.165, 1.54) is 29.4 Å². The minimum absolute atomic E-state index is 0.0438. The molecule has 22 heavy (non-hydrogen) atoms. The van der Waals surface area contributed by atoms with Gasteiger partial charge >= 0.3 is 5.97 Å². The molecule has 0 spiro atoms. The molecule has 0 aromatic heterocycles. The van der Waals surface area contributed by atoms with Crippen molar-refractivity contribution in [3.63, 3.8) is 0 Å². The van der Waals surface area contributed by atoms with Crippen LogP contribution in [0.15, 0.2) is 29.8 Å². The molecule has 2 aliphatic carbocycles. The maximum atomic E-state index is 12.4. The smallest absolute Gasteiger partial charge is 0.319 e. The van der Waals surface area contributed by atoms with Gasteiger partial charge in [0.25, 0.3) is 0 Å². The highest BCUT2D eigenvalue weighted by Gasteiger charge is 2.65. The molecule has 2 bridgehead atoms. The Balaban J connectivity index is 2.07. The lowest BCUT2D eigenvalue weighted by molar-refractivity contribution is -0.156. The molecule has 0 amide bonds. The van der Waals surface area contributed by atoms with Crippen molar-refractivity contribution in [3.05, 3.63) is 41.0 Å². The van der Waals surface area contributed by atoms with Crippen LogP contribution in [0.4, 0.5) is 0 Å². The Kier molecular flexibility index (Phi) is 3.28. The summed E-state index contributed by atoms with van der Waals surface area (Å²) in [7, 11) is 1.37. The predicted molar refractivity (Wildman–Crippen MR) is 85.2 cm³/mol. The number of hydrogen-bond acceptors (Lipinski definition) is 3. The summed E-state index contributed by atoms with van der Waals surface area (Å²) in [5.74, 6) is -0.324. The van der Waals surface area contributed by atoms with Crippen LogP contribution in [0.2, 0.25) is 0 Å². The number of ether oxygens (including phenoxy) is 1. The molecular formula is C19H22O3. The minimum Gasteiger partial charge on any atom is -0.468 e. The Bertz CT molecular complexity index is 673. The lowest BCUT2D eigenvalue weighted by Gasteiger charge is -2.28. The number of aryl methyl sites for hydroxylation is 1. The second-order valence-electron chi connectivity index (χ2n) is 7.06.